The van der Waals surface area contributed by atoms with E-state index in [-0.39, 0.29) is 13.1 Å². The average molecular weight is 204 g/mol. The monoisotopic (exact) mass is 204 g/mol. The summed E-state index contributed by atoms with van der Waals surface area (Å²) in [5, 5.41) is 8.83. The molecule has 4 nitrogen and oxygen atoms in total. The summed E-state index contributed by atoms with van der Waals surface area (Å²) in [6.45, 7) is 0.361. The van der Waals surface area contributed by atoms with E-state index in [0.29, 0.717) is 5.69 Å². The summed E-state index contributed by atoms with van der Waals surface area (Å²) >= 11 is 0. The second-order valence-electron chi connectivity index (χ2n) is 3.08. The Morgan fingerprint density at radius 3 is 2.53 bits per heavy atom. The number of carboxylic acid groups (broad SMARTS) is 1. The third kappa shape index (κ3) is 3.24. The summed E-state index contributed by atoms with van der Waals surface area (Å²) in [6, 6.07) is 7.01. The van der Waals surface area contributed by atoms with Crippen molar-refractivity contribution in [1.29, 1.82) is 0 Å². The molecule has 1 aromatic carbocycles. The first kappa shape index (κ1) is 10.9. The summed E-state index contributed by atoms with van der Waals surface area (Å²) in [7, 11) is 0. The highest BCUT2D eigenvalue weighted by atomic mass is 16.4. The first-order valence-corrected chi connectivity index (χ1v) is 4.39. The van der Waals surface area contributed by atoms with Gasteiger partial charge in [-0.2, -0.15) is 0 Å². The van der Waals surface area contributed by atoms with Crippen LogP contribution in [0, 0.1) is 12.3 Å². The Kier molecular flexibility index (Phi) is 3.58. The van der Waals surface area contributed by atoms with E-state index in [2.05, 4.69) is 5.92 Å². The molecule has 3 N–H and O–H groups in total. The molecule has 0 bridgehead atoms. The molecule has 0 saturated carbocycles. The molecule has 78 valence electrons. The molecule has 0 fully saturated rings. The fourth-order valence-corrected chi connectivity index (χ4v) is 1.14. The largest absolute Gasteiger partial charge is 0.465 e. The second kappa shape index (κ2) is 4.91. The van der Waals surface area contributed by atoms with Crippen LogP contribution >= 0.6 is 0 Å². The Balaban J connectivity index is 2.70. The number of benzene rings is 1. The highest BCUT2D eigenvalue weighted by Gasteiger charge is 2.10. The van der Waals surface area contributed by atoms with E-state index >= 15 is 0 Å². The van der Waals surface area contributed by atoms with E-state index in [4.69, 9.17) is 17.3 Å². The molecule has 0 aliphatic heterocycles. The van der Waals surface area contributed by atoms with Crippen molar-refractivity contribution in [3.63, 3.8) is 0 Å². The van der Waals surface area contributed by atoms with Crippen molar-refractivity contribution >= 4 is 11.8 Å². The van der Waals surface area contributed by atoms with E-state index in [9.17, 15) is 4.79 Å². The van der Waals surface area contributed by atoms with Crippen LogP contribution in [0.2, 0.25) is 0 Å². The van der Waals surface area contributed by atoms with Gasteiger partial charge in [0.05, 0.1) is 6.54 Å². The number of carbonyl (C=O) groups is 1. The SMILES string of the molecule is C#CCN(Cc1ccc(N)cc1)C(=O)O. The van der Waals surface area contributed by atoms with Crippen LogP contribution < -0.4 is 5.73 Å². The van der Waals surface area contributed by atoms with E-state index in [1.54, 1.807) is 24.3 Å². The van der Waals surface area contributed by atoms with Gasteiger partial charge in [-0.15, -0.1) is 6.42 Å². The number of amides is 1. The van der Waals surface area contributed by atoms with Crippen LogP contribution in [0.15, 0.2) is 24.3 Å². The van der Waals surface area contributed by atoms with Crippen LogP contribution in [0.4, 0.5) is 10.5 Å². The van der Waals surface area contributed by atoms with E-state index < -0.39 is 6.09 Å². The molecule has 1 aromatic rings. The number of terminal acetylenes is 1. The lowest BCUT2D eigenvalue weighted by Crippen LogP contribution is -2.29. The van der Waals surface area contributed by atoms with Crippen LogP contribution in [0.25, 0.3) is 0 Å². The van der Waals surface area contributed by atoms with Gasteiger partial charge in [-0.25, -0.2) is 4.79 Å². The number of nitrogens with two attached hydrogens (primary N) is 1. The quantitative estimate of drug-likeness (QED) is 0.577. The smallest absolute Gasteiger partial charge is 0.408 e. The first-order valence-electron chi connectivity index (χ1n) is 4.39. The van der Waals surface area contributed by atoms with Crippen LogP contribution in [0.1, 0.15) is 5.56 Å². The molecule has 4 heteroatoms. The van der Waals surface area contributed by atoms with Gasteiger partial charge in [0.25, 0.3) is 0 Å². The van der Waals surface area contributed by atoms with Crippen molar-refractivity contribution in [3.05, 3.63) is 29.8 Å². The van der Waals surface area contributed by atoms with Crippen LogP contribution in [0.5, 0.6) is 0 Å². The molecule has 0 aliphatic rings. The maximum Gasteiger partial charge on any atom is 0.408 e. The Morgan fingerprint density at radius 1 is 1.47 bits per heavy atom. The molecule has 0 aliphatic carbocycles. The van der Waals surface area contributed by atoms with Gasteiger partial charge < -0.3 is 10.8 Å². The maximum atomic E-state index is 10.8. The Hall–Kier alpha value is -2.15. The zero-order valence-corrected chi connectivity index (χ0v) is 8.18. The third-order valence-corrected chi connectivity index (χ3v) is 1.91. The molecule has 0 spiro atoms. The van der Waals surface area contributed by atoms with E-state index in [0.717, 1.165) is 10.5 Å². The summed E-state index contributed by atoms with van der Waals surface area (Å²) < 4.78 is 0. The normalized spacial score (nSPS) is 9.27. The lowest BCUT2D eigenvalue weighted by Gasteiger charge is -2.16. The minimum atomic E-state index is -1.02. The first-order chi connectivity index (χ1) is 7.13. The molecule has 0 saturated heterocycles. The Bertz CT molecular complexity index is 379. The average Bonchev–Trinajstić information content (AvgIpc) is 2.20. The van der Waals surface area contributed by atoms with Gasteiger partial charge in [0.15, 0.2) is 0 Å². The number of nitrogen functional groups attached to an aromatic ring is 1. The summed E-state index contributed by atoms with van der Waals surface area (Å²) in [5.41, 5.74) is 7.03. The minimum absolute atomic E-state index is 0.0830. The van der Waals surface area contributed by atoms with Crippen molar-refractivity contribution in [2.24, 2.45) is 0 Å². The van der Waals surface area contributed by atoms with Gasteiger partial charge in [0.2, 0.25) is 0 Å². The molecular formula is C11H12N2O2. The highest BCUT2D eigenvalue weighted by Crippen LogP contribution is 2.08. The Labute approximate surface area is 88.3 Å². The van der Waals surface area contributed by atoms with Gasteiger partial charge in [-0.1, -0.05) is 18.1 Å². The van der Waals surface area contributed by atoms with Crippen LogP contribution in [0.3, 0.4) is 0 Å². The predicted molar refractivity (Wildman–Crippen MR) is 58.1 cm³/mol. The fourth-order valence-electron chi connectivity index (χ4n) is 1.14. The number of hydrogen-bond acceptors (Lipinski definition) is 2. The van der Waals surface area contributed by atoms with Gasteiger partial charge in [-0.05, 0) is 17.7 Å². The van der Waals surface area contributed by atoms with E-state index in [1.807, 2.05) is 0 Å². The predicted octanol–water partition coefficient (Wildman–Crippen LogP) is 1.38. The maximum absolute atomic E-state index is 10.8. The molecule has 1 rings (SSSR count). The molecule has 0 radical (unpaired) electrons. The topological polar surface area (TPSA) is 66.6 Å². The highest BCUT2D eigenvalue weighted by molar-refractivity contribution is 5.65. The van der Waals surface area contributed by atoms with Crippen molar-refractivity contribution < 1.29 is 9.90 Å². The molecule has 0 atom stereocenters. The standard InChI is InChI=1S/C11H12N2O2/c1-2-7-13(11(14)15)8-9-3-5-10(12)6-4-9/h1,3-6H,7-8,12H2,(H,14,15). The van der Waals surface area contributed by atoms with Crippen molar-refractivity contribution in [3.8, 4) is 12.3 Å². The molecule has 0 unspecified atom stereocenters. The third-order valence-electron chi connectivity index (χ3n) is 1.91. The lowest BCUT2D eigenvalue weighted by atomic mass is 10.2. The van der Waals surface area contributed by atoms with Crippen molar-refractivity contribution in [1.82, 2.24) is 4.90 Å². The van der Waals surface area contributed by atoms with Gasteiger partial charge in [-0.3, -0.25) is 4.90 Å². The second-order valence-corrected chi connectivity index (χ2v) is 3.08. The lowest BCUT2D eigenvalue weighted by molar-refractivity contribution is 0.148. The summed E-state index contributed by atoms with van der Waals surface area (Å²) in [6.07, 6.45) is 4.05. The Morgan fingerprint density at radius 2 is 2.07 bits per heavy atom. The van der Waals surface area contributed by atoms with E-state index in [1.165, 1.54) is 0 Å². The number of nitrogens with zero attached hydrogens (tertiary/aromatic N) is 1. The van der Waals surface area contributed by atoms with Gasteiger partial charge in [0.1, 0.15) is 0 Å². The number of rotatable bonds is 3. The molecule has 15 heavy (non-hydrogen) atoms. The van der Waals surface area contributed by atoms with Crippen LogP contribution in [-0.4, -0.2) is 22.6 Å². The molecular weight excluding hydrogens is 192 g/mol. The van der Waals surface area contributed by atoms with Crippen molar-refractivity contribution in [2.75, 3.05) is 12.3 Å². The molecule has 1 amide bonds. The van der Waals surface area contributed by atoms with Crippen LogP contribution in [-0.2, 0) is 6.54 Å². The molecule has 0 heterocycles. The minimum Gasteiger partial charge on any atom is -0.465 e. The fraction of sp³-hybridized carbons (Fsp3) is 0.182. The zero-order chi connectivity index (χ0) is 11.3. The van der Waals surface area contributed by atoms with Gasteiger partial charge in [0, 0.05) is 12.2 Å². The van der Waals surface area contributed by atoms with Gasteiger partial charge >= 0.3 is 6.09 Å². The zero-order valence-electron chi connectivity index (χ0n) is 8.18. The summed E-state index contributed by atoms with van der Waals surface area (Å²) in [4.78, 5) is 11.9. The number of anilines is 1. The molecule has 0 aromatic heterocycles. The number of hydrogen-bond donors (Lipinski definition) is 2. The van der Waals surface area contributed by atoms with Crippen molar-refractivity contribution in [2.45, 2.75) is 6.54 Å². The summed E-state index contributed by atoms with van der Waals surface area (Å²) in [5.74, 6) is 2.30.